The van der Waals surface area contributed by atoms with Crippen LogP contribution in [-0.4, -0.2) is 64.5 Å². The van der Waals surface area contributed by atoms with E-state index in [2.05, 4.69) is 25.7 Å². The first-order valence-corrected chi connectivity index (χ1v) is 12.5. The number of carbonyl (C=O) groups is 1. The number of allylic oxidation sites excluding steroid dienone is 1. The lowest BCUT2D eigenvalue weighted by atomic mass is 10.0. The molecule has 0 atom stereocenters. The minimum atomic E-state index is -4.60. The molecule has 9 nitrogen and oxygen atoms in total. The predicted molar refractivity (Wildman–Crippen MR) is 149 cm³/mol. The fourth-order valence-electron chi connectivity index (χ4n) is 4.26. The van der Waals surface area contributed by atoms with Gasteiger partial charge in [0.1, 0.15) is 5.75 Å². The number of amides is 1. The molecular formula is C28H30F3N7O2. The summed E-state index contributed by atoms with van der Waals surface area (Å²) in [5.74, 6) is -0.178. The lowest BCUT2D eigenvalue weighted by molar-refractivity contribution is -0.112. The third kappa shape index (κ3) is 7.14. The van der Waals surface area contributed by atoms with Gasteiger partial charge in [-0.2, -0.15) is 18.3 Å². The van der Waals surface area contributed by atoms with Gasteiger partial charge in [0.2, 0.25) is 11.9 Å². The van der Waals surface area contributed by atoms with E-state index in [9.17, 15) is 18.0 Å². The number of alkyl halides is 3. The van der Waals surface area contributed by atoms with Crippen LogP contribution < -0.4 is 15.4 Å². The highest BCUT2D eigenvalue weighted by Crippen LogP contribution is 2.35. The lowest BCUT2D eigenvalue weighted by Gasteiger charge is -2.18. The molecule has 4 aromatic rings. The summed E-state index contributed by atoms with van der Waals surface area (Å²) in [4.78, 5) is 23.4. The molecule has 0 spiro atoms. The van der Waals surface area contributed by atoms with Gasteiger partial charge in [-0.1, -0.05) is 18.2 Å². The van der Waals surface area contributed by atoms with Crippen LogP contribution in [0.15, 0.2) is 60.8 Å². The number of nitrogens with one attached hydrogen (secondary N) is 2. The zero-order chi connectivity index (χ0) is 28.9. The molecule has 12 heteroatoms. The summed E-state index contributed by atoms with van der Waals surface area (Å²) >= 11 is 0. The number of aromatic nitrogens is 4. The van der Waals surface area contributed by atoms with Gasteiger partial charge < -0.3 is 20.3 Å². The summed E-state index contributed by atoms with van der Waals surface area (Å²) in [6.07, 6.45) is -1.30. The summed E-state index contributed by atoms with van der Waals surface area (Å²) in [7, 11) is 7.24. The van der Waals surface area contributed by atoms with Gasteiger partial charge in [-0.15, -0.1) is 0 Å². The smallest absolute Gasteiger partial charge is 0.409 e. The number of rotatable bonds is 10. The van der Waals surface area contributed by atoms with Crippen molar-refractivity contribution in [3.63, 3.8) is 0 Å². The molecule has 1 amide bonds. The number of nitrogens with zero attached hydrogens (tertiary/aromatic N) is 5. The van der Waals surface area contributed by atoms with Crippen LogP contribution in [0, 0.1) is 0 Å². The van der Waals surface area contributed by atoms with Crippen molar-refractivity contribution in [3.05, 3.63) is 66.4 Å². The van der Waals surface area contributed by atoms with Gasteiger partial charge >= 0.3 is 6.18 Å². The van der Waals surface area contributed by atoms with Crippen LogP contribution in [0.3, 0.4) is 0 Å². The van der Waals surface area contributed by atoms with Gasteiger partial charge in [-0.05, 0) is 63.3 Å². The summed E-state index contributed by atoms with van der Waals surface area (Å²) in [5.41, 5.74) is 3.79. The van der Waals surface area contributed by atoms with Crippen molar-refractivity contribution in [3.8, 4) is 17.1 Å². The van der Waals surface area contributed by atoms with E-state index in [1.165, 1.54) is 7.11 Å². The molecule has 2 aromatic carbocycles. The lowest BCUT2D eigenvalue weighted by Crippen LogP contribution is -2.15. The van der Waals surface area contributed by atoms with E-state index < -0.39 is 12.1 Å². The Morgan fingerprint density at radius 1 is 1.15 bits per heavy atom. The number of hydrogen-bond donors (Lipinski definition) is 2. The van der Waals surface area contributed by atoms with Gasteiger partial charge in [0.25, 0.3) is 0 Å². The number of hydrogen-bond acceptors (Lipinski definition) is 7. The average Bonchev–Trinajstić information content (AvgIpc) is 3.24. The molecule has 0 radical (unpaired) electrons. The molecule has 40 heavy (non-hydrogen) atoms. The van der Waals surface area contributed by atoms with E-state index in [4.69, 9.17) is 4.74 Å². The molecule has 0 fully saturated rings. The summed E-state index contributed by atoms with van der Waals surface area (Å²) in [6, 6.07) is 12.9. The average molecular weight is 554 g/mol. The molecule has 0 unspecified atom stereocenters. The van der Waals surface area contributed by atoms with E-state index in [1.54, 1.807) is 29.1 Å². The van der Waals surface area contributed by atoms with Crippen LogP contribution >= 0.6 is 0 Å². The second kappa shape index (κ2) is 12.2. The maximum Gasteiger partial charge on any atom is 0.409 e. The van der Waals surface area contributed by atoms with Crippen LogP contribution in [0.5, 0.6) is 5.75 Å². The molecule has 0 aliphatic carbocycles. The first-order chi connectivity index (χ1) is 19.0. The maximum atomic E-state index is 12.6. The molecule has 0 aliphatic rings. The standard InChI is InChI=1S/C28H30F3N7O2/c1-37(2)15-7-8-18-16-24(40-4)23(17-22(18)33-25(39)11-13-28(29,30)31)35-27-32-14-12-21(34-27)26-19-9-5-6-10-20(19)36-38(26)3/h5-6,9-14,16-17H,7-8,15H2,1-4H3,(H,33,39)(H,32,34,35)/b13-11+. The molecule has 2 heterocycles. The van der Waals surface area contributed by atoms with Crippen LogP contribution in [0.4, 0.5) is 30.5 Å². The van der Waals surface area contributed by atoms with Crippen LogP contribution in [0.2, 0.25) is 0 Å². The fraction of sp³-hybridized carbons (Fsp3) is 0.286. The topological polar surface area (TPSA) is 97.2 Å². The van der Waals surface area contributed by atoms with Crippen molar-refractivity contribution in [1.29, 1.82) is 0 Å². The Hall–Kier alpha value is -4.45. The van der Waals surface area contributed by atoms with E-state index >= 15 is 0 Å². The van der Waals surface area contributed by atoms with Crippen molar-refractivity contribution in [2.45, 2.75) is 19.0 Å². The Morgan fingerprint density at radius 3 is 2.65 bits per heavy atom. The molecule has 210 valence electrons. The van der Waals surface area contributed by atoms with Crippen molar-refractivity contribution in [1.82, 2.24) is 24.6 Å². The van der Waals surface area contributed by atoms with E-state index in [-0.39, 0.29) is 12.0 Å². The Balaban J connectivity index is 1.68. The molecule has 0 aliphatic heterocycles. The molecular weight excluding hydrogens is 523 g/mol. The third-order valence-corrected chi connectivity index (χ3v) is 6.04. The highest BCUT2D eigenvalue weighted by Gasteiger charge is 2.23. The molecule has 2 N–H and O–H groups in total. The Bertz CT molecular complexity index is 1530. The van der Waals surface area contributed by atoms with E-state index in [0.29, 0.717) is 40.9 Å². The van der Waals surface area contributed by atoms with E-state index in [0.717, 1.165) is 29.6 Å². The molecule has 4 rings (SSSR count). The molecule has 2 aromatic heterocycles. The van der Waals surface area contributed by atoms with Gasteiger partial charge in [0, 0.05) is 36.5 Å². The minimum absolute atomic E-state index is 0.0990. The minimum Gasteiger partial charge on any atom is -0.495 e. The van der Waals surface area contributed by atoms with Crippen LogP contribution in [0.1, 0.15) is 12.0 Å². The predicted octanol–water partition coefficient (Wildman–Crippen LogP) is 5.33. The van der Waals surface area contributed by atoms with Gasteiger partial charge in [-0.25, -0.2) is 9.97 Å². The van der Waals surface area contributed by atoms with Gasteiger partial charge in [-0.3, -0.25) is 9.48 Å². The van der Waals surface area contributed by atoms with Crippen molar-refractivity contribution >= 4 is 34.1 Å². The second-order valence-electron chi connectivity index (χ2n) is 9.36. The van der Waals surface area contributed by atoms with Crippen molar-refractivity contribution < 1.29 is 22.7 Å². The number of carbonyl (C=O) groups excluding carboxylic acids is 1. The number of benzene rings is 2. The van der Waals surface area contributed by atoms with Crippen molar-refractivity contribution in [2.75, 3.05) is 38.4 Å². The fourth-order valence-corrected chi connectivity index (χ4v) is 4.26. The highest BCUT2D eigenvalue weighted by atomic mass is 19.4. The third-order valence-electron chi connectivity index (χ3n) is 6.04. The van der Waals surface area contributed by atoms with Crippen LogP contribution in [-0.2, 0) is 18.3 Å². The summed E-state index contributed by atoms with van der Waals surface area (Å²) < 4.78 is 45.2. The number of ether oxygens (including phenoxy) is 1. The highest BCUT2D eigenvalue weighted by molar-refractivity contribution is 6.00. The normalized spacial score (nSPS) is 11.9. The molecule has 0 bridgehead atoms. The number of anilines is 3. The van der Waals surface area contributed by atoms with Gasteiger partial charge in [0.15, 0.2) is 0 Å². The first kappa shape index (κ1) is 28.6. The maximum absolute atomic E-state index is 12.6. The zero-order valence-electron chi connectivity index (χ0n) is 22.6. The Labute approximate surface area is 229 Å². The Kier molecular flexibility index (Phi) is 8.68. The monoisotopic (exact) mass is 553 g/mol. The second-order valence-corrected chi connectivity index (χ2v) is 9.36. The zero-order valence-corrected chi connectivity index (χ0v) is 22.6. The SMILES string of the molecule is COc1cc(CCCN(C)C)c(NC(=O)/C=C/C(F)(F)F)cc1Nc1nccc(-c2c3ccccc3nn2C)n1. The quantitative estimate of drug-likeness (QED) is 0.256. The Morgan fingerprint density at radius 2 is 1.93 bits per heavy atom. The molecule has 0 saturated heterocycles. The molecule has 0 saturated carbocycles. The van der Waals surface area contributed by atoms with E-state index in [1.807, 2.05) is 50.3 Å². The van der Waals surface area contributed by atoms with Crippen molar-refractivity contribution in [2.24, 2.45) is 7.05 Å². The van der Waals surface area contributed by atoms with Crippen LogP contribution in [0.25, 0.3) is 22.3 Å². The first-order valence-electron chi connectivity index (χ1n) is 12.5. The van der Waals surface area contributed by atoms with Gasteiger partial charge in [0.05, 0.1) is 29.7 Å². The number of halogens is 3. The number of methoxy groups -OCH3 is 1. The number of fused-ring (bicyclic) bond motifs is 1. The summed E-state index contributed by atoms with van der Waals surface area (Å²) in [6.45, 7) is 0.785. The summed E-state index contributed by atoms with van der Waals surface area (Å²) in [5, 5.41) is 11.2. The largest absolute Gasteiger partial charge is 0.495 e. The number of aryl methyl sites for hydroxylation is 2.